The van der Waals surface area contributed by atoms with Gasteiger partial charge in [0.25, 0.3) is 5.91 Å². The van der Waals surface area contributed by atoms with E-state index in [1.807, 2.05) is 54.8 Å². The molecule has 1 heterocycles. The van der Waals surface area contributed by atoms with Crippen molar-refractivity contribution in [1.82, 2.24) is 10.3 Å². The van der Waals surface area contributed by atoms with E-state index in [9.17, 15) is 4.79 Å². The van der Waals surface area contributed by atoms with Gasteiger partial charge in [-0.3, -0.25) is 9.78 Å². The van der Waals surface area contributed by atoms with Crippen LogP contribution in [-0.4, -0.2) is 29.3 Å². The first kappa shape index (κ1) is 20.6. The molecule has 1 aromatic heterocycles. The molecule has 3 rings (SSSR count). The molecule has 0 aliphatic carbocycles. The smallest absolute Gasteiger partial charge is 0.269 e. The Kier molecular flexibility index (Phi) is 7.04. The minimum atomic E-state index is -0.265. The summed E-state index contributed by atoms with van der Waals surface area (Å²) in [6.45, 7) is 0. The van der Waals surface area contributed by atoms with Gasteiger partial charge in [0.05, 0.1) is 0 Å². The van der Waals surface area contributed by atoms with Crippen molar-refractivity contribution in [3.05, 3.63) is 72.6 Å². The number of amides is 1. The van der Waals surface area contributed by atoms with Crippen molar-refractivity contribution in [2.45, 2.75) is 4.90 Å². The second kappa shape index (κ2) is 9.90. The van der Waals surface area contributed by atoms with Gasteiger partial charge in [-0.2, -0.15) is 0 Å². The van der Waals surface area contributed by atoms with Crippen LogP contribution in [0, 0.1) is 0 Å². The summed E-state index contributed by atoms with van der Waals surface area (Å²) < 4.78 is 5.79. The maximum atomic E-state index is 11.7. The summed E-state index contributed by atoms with van der Waals surface area (Å²) in [5, 5.41) is 9.33. The molecule has 6 nitrogen and oxygen atoms in total. The van der Waals surface area contributed by atoms with Crippen molar-refractivity contribution in [2.75, 3.05) is 23.9 Å². The van der Waals surface area contributed by atoms with E-state index in [0.29, 0.717) is 22.3 Å². The molecule has 29 heavy (non-hydrogen) atoms. The number of anilines is 2. The van der Waals surface area contributed by atoms with E-state index in [2.05, 4.69) is 20.9 Å². The third-order valence-electron chi connectivity index (χ3n) is 3.89. The van der Waals surface area contributed by atoms with E-state index < -0.39 is 0 Å². The summed E-state index contributed by atoms with van der Waals surface area (Å²) in [4.78, 5) is 16.9. The number of pyridine rings is 1. The monoisotopic (exact) mass is 424 g/mol. The normalized spacial score (nSPS) is 10.1. The number of thioether (sulfide) groups is 1. The topological polar surface area (TPSA) is 75.3 Å². The van der Waals surface area contributed by atoms with Gasteiger partial charge >= 0.3 is 0 Å². The van der Waals surface area contributed by atoms with E-state index in [-0.39, 0.29) is 5.91 Å². The average molecular weight is 425 g/mol. The lowest BCUT2D eigenvalue weighted by molar-refractivity contribution is 0.0958. The average Bonchev–Trinajstić information content (AvgIpc) is 2.75. The van der Waals surface area contributed by atoms with Gasteiger partial charge in [0.15, 0.2) is 5.11 Å². The zero-order valence-corrected chi connectivity index (χ0v) is 17.6. The van der Waals surface area contributed by atoms with Gasteiger partial charge < -0.3 is 20.7 Å². The standard InChI is InChI=1S/C21H20N4O2S2/c1-22-20(26)19-13-17(11-12-23-19)27-16-7-3-14(4-8-16)24-21(28)25-15-5-9-18(29-2)10-6-15/h3-13H,1-2H3,(H,22,26)(H2,24,25,28). The van der Waals surface area contributed by atoms with Crippen LogP contribution < -0.4 is 20.7 Å². The molecule has 0 bridgehead atoms. The Hall–Kier alpha value is -3.10. The lowest BCUT2D eigenvalue weighted by Crippen LogP contribution is -2.19. The Morgan fingerprint density at radius 3 is 2.17 bits per heavy atom. The number of nitrogens with zero attached hydrogens (tertiary/aromatic N) is 1. The van der Waals surface area contributed by atoms with Gasteiger partial charge in [-0.25, -0.2) is 0 Å². The first-order chi connectivity index (χ1) is 14.1. The number of hydrogen-bond donors (Lipinski definition) is 3. The number of thiocarbonyl (C=S) groups is 1. The molecular weight excluding hydrogens is 404 g/mol. The van der Waals surface area contributed by atoms with E-state index in [1.165, 1.54) is 11.1 Å². The Labute approximate surface area is 179 Å². The molecule has 0 aliphatic rings. The van der Waals surface area contributed by atoms with Gasteiger partial charge in [-0.1, -0.05) is 0 Å². The van der Waals surface area contributed by atoms with Crippen LogP contribution in [-0.2, 0) is 0 Å². The molecular formula is C21H20N4O2S2. The molecule has 2 aromatic carbocycles. The zero-order chi connectivity index (χ0) is 20.6. The predicted octanol–water partition coefficient (Wildman–Crippen LogP) is 4.76. The summed E-state index contributed by atoms with van der Waals surface area (Å²) in [7, 11) is 1.56. The van der Waals surface area contributed by atoms with Gasteiger partial charge in [0.1, 0.15) is 17.2 Å². The molecule has 0 saturated heterocycles. The summed E-state index contributed by atoms with van der Waals surface area (Å²) in [5.41, 5.74) is 2.05. The van der Waals surface area contributed by atoms with E-state index in [4.69, 9.17) is 17.0 Å². The third-order valence-corrected chi connectivity index (χ3v) is 4.83. The first-order valence-corrected chi connectivity index (χ1v) is 10.4. The Morgan fingerprint density at radius 1 is 0.966 bits per heavy atom. The van der Waals surface area contributed by atoms with Crippen LogP contribution in [0.5, 0.6) is 11.5 Å². The fourth-order valence-corrected chi connectivity index (χ4v) is 3.08. The second-order valence-electron chi connectivity index (χ2n) is 5.89. The molecule has 0 spiro atoms. The molecule has 1 amide bonds. The Bertz CT molecular complexity index is 992. The molecule has 8 heteroatoms. The molecule has 148 valence electrons. The van der Waals surface area contributed by atoms with Crippen LogP contribution >= 0.6 is 24.0 Å². The maximum Gasteiger partial charge on any atom is 0.269 e. The van der Waals surface area contributed by atoms with Crippen LogP contribution in [0.3, 0.4) is 0 Å². The van der Waals surface area contributed by atoms with Gasteiger partial charge in [-0.05, 0) is 73.1 Å². The SMILES string of the molecule is CNC(=O)c1cc(Oc2ccc(NC(=S)Nc3ccc(SC)cc3)cc2)ccn1. The minimum absolute atomic E-state index is 0.265. The zero-order valence-electron chi connectivity index (χ0n) is 15.9. The number of rotatable bonds is 6. The fraction of sp³-hybridized carbons (Fsp3) is 0.0952. The fourth-order valence-electron chi connectivity index (χ4n) is 2.44. The van der Waals surface area contributed by atoms with Crippen molar-refractivity contribution >= 4 is 46.4 Å². The highest BCUT2D eigenvalue weighted by molar-refractivity contribution is 7.98. The summed E-state index contributed by atoms with van der Waals surface area (Å²) in [6, 6.07) is 18.7. The van der Waals surface area contributed by atoms with Crippen molar-refractivity contribution in [3.63, 3.8) is 0 Å². The summed E-state index contributed by atoms with van der Waals surface area (Å²) >= 11 is 7.06. The molecule has 0 aliphatic heterocycles. The Morgan fingerprint density at radius 2 is 1.59 bits per heavy atom. The van der Waals surface area contributed by atoms with E-state index in [1.54, 1.807) is 30.9 Å². The van der Waals surface area contributed by atoms with E-state index >= 15 is 0 Å². The number of ether oxygens (including phenoxy) is 1. The second-order valence-corrected chi connectivity index (χ2v) is 7.18. The number of nitrogens with one attached hydrogen (secondary N) is 3. The lowest BCUT2D eigenvalue weighted by Gasteiger charge is -2.12. The van der Waals surface area contributed by atoms with Crippen LogP contribution in [0.4, 0.5) is 11.4 Å². The third kappa shape index (κ3) is 5.94. The molecule has 3 N–H and O–H groups in total. The minimum Gasteiger partial charge on any atom is -0.457 e. The van der Waals surface area contributed by atoms with Gasteiger partial charge in [0, 0.05) is 35.6 Å². The molecule has 0 unspecified atom stereocenters. The highest BCUT2D eigenvalue weighted by Gasteiger charge is 2.07. The number of hydrogen-bond acceptors (Lipinski definition) is 5. The van der Waals surface area contributed by atoms with Crippen LogP contribution in [0.25, 0.3) is 0 Å². The van der Waals surface area contributed by atoms with Crippen molar-refractivity contribution in [2.24, 2.45) is 0 Å². The quantitative estimate of drug-likeness (QED) is 0.389. The lowest BCUT2D eigenvalue weighted by atomic mass is 10.3. The van der Waals surface area contributed by atoms with Crippen LogP contribution in [0.15, 0.2) is 71.8 Å². The summed E-state index contributed by atoms with van der Waals surface area (Å²) in [6.07, 6.45) is 3.57. The van der Waals surface area contributed by atoms with Crippen molar-refractivity contribution < 1.29 is 9.53 Å². The largest absolute Gasteiger partial charge is 0.457 e. The number of benzene rings is 2. The highest BCUT2D eigenvalue weighted by Crippen LogP contribution is 2.23. The Balaban J connectivity index is 1.58. The van der Waals surface area contributed by atoms with Crippen LogP contribution in [0.1, 0.15) is 10.5 Å². The number of aromatic nitrogens is 1. The molecule has 3 aromatic rings. The predicted molar refractivity (Wildman–Crippen MR) is 122 cm³/mol. The maximum absolute atomic E-state index is 11.7. The first-order valence-electron chi connectivity index (χ1n) is 8.75. The van der Waals surface area contributed by atoms with Gasteiger partial charge in [-0.15, -0.1) is 11.8 Å². The summed E-state index contributed by atoms with van der Waals surface area (Å²) in [5.74, 6) is 0.903. The number of carbonyl (C=O) groups excluding carboxylic acids is 1. The van der Waals surface area contributed by atoms with Crippen LogP contribution in [0.2, 0.25) is 0 Å². The van der Waals surface area contributed by atoms with Crippen molar-refractivity contribution in [3.8, 4) is 11.5 Å². The van der Waals surface area contributed by atoms with E-state index in [0.717, 1.165) is 11.4 Å². The highest BCUT2D eigenvalue weighted by atomic mass is 32.2. The molecule has 0 fully saturated rings. The number of carbonyl (C=O) groups is 1. The molecule has 0 saturated carbocycles. The van der Waals surface area contributed by atoms with Gasteiger partial charge in [0.2, 0.25) is 0 Å². The van der Waals surface area contributed by atoms with Crippen molar-refractivity contribution in [1.29, 1.82) is 0 Å². The molecule has 0 atom stereocenters. The molecule has 0 radical (unpaired) electrons.